The lowest BCUT2D eigenvalue weighted by molar-refractivity contribution is -0.141. The number of hydrogen-bond acceptors (Lipinski definition) is 3. The number of rotatable bonds is 5. The van der Waals surface area contributed by atoms with Crippen molar-refractivity contribution in [3.8, 4) is 0 Å². The van der Waals surface area contributed by atoms with E-state index in [1.807, 2.05) is 36.7 Å². The summed E-state index contributed by atoms with van der Waals surface area (Å²) < 4.78 is 1.95. The van der Waals surface area contributed by atoms with Crippen LogP contribution in [0.25, 0.3) is 0 Å². The van der Waals surface area contributed by atoms with Gasteiger partial charge in [0, 0.05) is 30.9 Å². The summed E-state index contributed by atoms with van der Waals surface area (Å²) in [5.41, 5.74) is 4.09. The summed E-state index contributed by atoms with van der Waals surface area (Å²) in [4.78, 5) is 24.9. The molecule has 1 saturated heterocycles. The number of carbonyl (C=O) groups is 2. The maximum atomic E-state index is 12.3. The van der Waals surface area contributed by atoms with Crippen LogP contribution in [0.15, 0.2) is 30.3 Å². The van der Waals surface area contributed by atoms with Gasteiger partial charge in [-0.25, -0.2) is 4.79 Å². The highest BCUT2D eigenvalue weighted by atomic mass is 16.4. The van der Waals surface area contributed by atoms with Crippen LogP contribution in [0.4, 0.5) is 4.79 Å². The number of urea groups is 1. The number of nitrogens with zero attached hydrogens (tertiary/aromatic N) is 3. The van der Waals surface area contributed by atoms with E-state index in [4.69, 9.17) is 5.11 Å². The van der Waals surface area contributed by atoms with E-state index in [9.17, 15) is 9.59 Å². The van der Waals surface area contributed by atoms with Crippen LogP contribution in [0.5, 0.6) is 0 Å². The molecule has 3 rings (SSSR count). The highest BCUT2D eigenvalue weighted by molar-refractivity contribution is 5.77. The number of aromatic nitrogens is 2. The molecule has 1 aromatic carbocycles. The van der Waals surface area contributed by atoms with Crippen molar-refractivity contribution >= 4 is 12.0 Å². The van der Waals surface area contributed by atoms with Crippen LogP contribution >= 0.6 is 0 Å². The zero-order valence-corrected chi connectivity index (χ0v) is 15.1. The zero-order valence-electron chi connectivity index (χ0n) is 15.1. The quantitative estimate of drug-likeness (QED) is 0.859. The zero-order chi connectivity index (χ0) is 18.7. The fourth-order valence-electron chi connectivity index (χ4n) is 3.32. The van der Waals surface area contributed by atoms with Crippen LogP contribution < -0.4 is 5.32 Å². The van der Waals surface area contributed by atoms with Crippen LogP contribution in [-0.2, 0) is 17.9 Å². The predicted octanol–water partition coefficient (Wildman–Crippen LogP) is 2.16. The number of carboxylic acid groups (broad SMARTS) is 1. The Morgan fingerprint density at radius 3 is 2.65 bits per heavy atom. The van der Waals surface area contributed by atoms with Crippen molar-refractivity contribution in [1.29, 1.82) is 0 Å². The molecule has 0 bridgehead atoms. The number of amides is 2. The van der Waals surface area contributed by atoms with Crippen LogP contribution in [0.2, 0.25) is 0 Å². The number of carbonyl (C=O) groups excluding carboxylic acids is 1. The first kappa shape index (κ1) is 18.0. The van der Waals surface area contributed by atoms with Crippen molar-refractivity contribution in [2.24, 2.45) is 5.92 Å². The van der Waals surface area contributed by atoms with Crippen LogP contribution in [0.1, 0.15) is 28.9 Å². The summed E-state index contributed by atoms with van der Waals surface area (Å²) in [6.07, 6.45) is 0.510. The van der Waals surface area contributed by atoms with Gasteiger partial charge in [0.05, 0.1) is 18.2 Å². The van der Waals surface area contributed by atoms with Crippen molar-refractivity contribution in [1.82, 2.24) is 20.0 Å². The van der Waals surface area contributed by atoms with E-state index in [0.29, 0.717) is 26.1 Å². The molecule has 1 fully saturated rings. The minimum absolute atomic E-state index is 0.219. The molecule has 0 saturated carbocycles. The van der Waals surface area contributed by atoms with E-state index in [0.717, 1.165) is 17.0 Å². The molecule has 26 heavy (non-hydrogen) atoms. The fraction of sp³-hybridized carbons (Fsp3) is 0.421. The Balaban J connectivity index is 1.62. The summed E-state index contributed by atoms with van der Waals surface area (Å²) in [5.74, 6) is -1.30. The Labute approximate surface area is 152 Å². The van der Waals surface area contributed by atoms with Gasteiger partial charge in [-0.15, -0.1) is 0 Å². The Bertz CT molecular complexity index is 801. The molecule has 0 spiro atoms. The summed E-state index contributed by atoms with van der Waals surface area (Å²) >= 11 is 0. The minimum atomic E-state index is -0.839. The van der Waals surface area contributed by atoms with Gasteiger partial charge >= 0.3 is 12.0 Å². The van der Waals surface area contributed by atoms with Gasteiger partial charge in [0.15, 0.2) is 0 Å². The van der Waals surface area contributed by atoms with Crippen LogP contribution in [-0.4, -0.2) is 44.9 Å². The van der Waals surface area contributed by atoms with E-state index in [2.05, 4.69) is 22.5 Å². The largest absolute Gasteiger partial charge is 0.481 e. The Morgan fingerprint density at radius 2 is 2.00 bits per heavy atom. The molecule has 1 aliphatic rings. The molecule has 7 nitrogen and oxygen atoms in total. The molecular weight excluding hydrogens is 332 g/mol. The molecule has 2 heterocycles. The number of benzene rings is 1. The minimum Gasteiger partial charge on any atom is -0.481 e. The number of carboxylic acids is 1. The van der Waals surface area contributed by atoms with E-state index in [1.165, 1.54) is 5.56 Å². The molecule has 0 radical (unpaired) electrons. The molecule has 1 unspecified atom stereocenters. The lowest BCUT2D eigenvalue weighted by Gasteiger charge is -2.17. The summed E-state index contributed by atoms with van der Waals surface area (Å²) in [6, 6.07) is 9.89. The lowest BCUT2D eigenvalue weighted by atomic mass is 10.1. The molecule has 1 atom stereocenters. The van der Waals surface area contributed by atoms with E-state index in [-0.39, 0.29) is 12.6 Å². The molecule has 2 aromatic rings. The second-order valence-corrected chi connectivity index (χ2v) is 6.72. The van der Waals surface area contributed by atoms with Crippen LogP contribution in [0, 0.1) is 19.8 Å². The second-order valence-electron chi connectivity index (χ2n) is 6.72. The van der Waals surface area contributed by atoms with Gasteiger partial charge in [-0.2, -0.15) is 5.10 Å². The number of aliphatic carboxylic acids is 1. The van der Waals surface area contributed by atoms with Gasteiger partial charge in [-0.1, -0.05) is 30.3 Å². The number of likely N-dealkylation sites (tertiary alicyclic amines) is 1. The molecular formula is C19H24N4O3. The molecule has 1 aliphatic heterocycles. The Kier molecular flexibility index (Phi) is 5.25. The lowest BCUT2D eigenvalue weighted by Crippen LogP contribution is -2.38. The number of nitrogens with one attached hydrogen (secondary N) is 1. The van der Waals surface area contributed by atoms with Crippen LogP contribution in [0.3, 0.4) is 0 Å². The summed E-state index contributed by atoms with van der Waals surface area (Å²) in [5, 5.41) is 16.5. The maximum Gasteiger partial charge on any atom is 0.317 e. The third-order valence-electron chi connectivity index (χ3n) is 4.95. The standard InChI is InChI=1S/C19H24N4O3/c1-13-17(10-20-19(26)22-9-8-16(12-22)18(24)25)14(2)23(21-13)11-15-6-4-3-5-7-15/h3-7,16H,8-12H2,1-2H3,(H,20,26)(H,24,25). The molecule has 2 amide bonds. The van der Waals surface area contributed by atoms with Gasteiger partial charge in [-0.3, -0.25) is 9.48 Å². The van der Waals surface area contributed by atoms with E-state index >= 15 is 0 Å². The smallest absolute Gasteiger partial charge is 0.317 e. The normalized spacial score (nSPS) is 16.7. The first-order valence-corrected chi connectivity index (χ1v) is 8.78. The molecule has 1 aromatic heterocycles. The van der Waals surface area contributed by atoms with Gasteiger partial charge in [-0.05, 0) is 25.8 Å². The Hall–Kier alpha value is -2.83. The van der Waals surface area contributed by atoms with Crippen molar-refractivity contribution in [3.05, 3.63) is 52.8 Å². The maximum absolute atomic E-state index is 12.3. The predicted molar refractivity (Wildman–Crippen MR) is 96.8 cm³/mol. The van der Waals surface area contributed by atoms with Crippen molar-refractivity contribution < 1.29 is 14.7 Å². The number of aryl methyl sites for hydroxylation is 1. The van der Waals surface area contributed by atoms with Gasteiger partial charge in [0.1, 0.15) is 0 Å². The third kappa shape index (κ3) is 3.87. The number of hydrogen-bond donors (Lipinski definition) is 2. The van der Waals surface area contributed by atoms with Gasteiger partial charge < -0.3 is 15.3 Å². The molecule has 0 aliphatic carbocycles. The topological polar surface area (TPSA) is 87.5 Å². The molecule has 138 valence electrons. The summed E-state index contributed by atoms with van der Waals surface area (Å²) in [7, 11) is 0. The second kappa shape index (κ2) is 7.59. The van der Waals surface area contributed by atoms with Gasteiger partial charge in [0.25, 0.3) is 0 Å². The van der Waals surface area contributed by atoms with Crippen molar-refractivity contribution in [2.45, 2.75) is 33.4 Å². The average Bonchev–Trinajstić information content (AvgIpc) is 3.21. The summed E-state index contributed by atoms with van der Waals surface area (Å²) in [6.45, 7) is 5.76. The van der Waals surface area contributed by atoms with E-state index in [1.54, 1.807) is 4.90 Å². The monoisotopic (exact) mass is 356 g/mol. The third-order valence-corrected chi connectivity index (χ3v) is 4.95. The van der Waals surface area contributed by atoms with E-state index < -0.39 is 11.9 Å². The molecule has 7 heteroatoms. The van der Waals surface area contributed by atoms with Crippen molar-refractivity contribution in [3.63, 3.8) is 0 Å². The highest BCUT2D eigenvalue weighted by Crippen LogP contribution is 2.18. The first-order valence-electron chi connectivity index (χ1n) is 8.78. The SMILES string of the molecule is Cc1nn(Cc2ccccc2)c(C)c1CNC(=O)N1CCC(C(=O)O)C1. The highest BCUT2D eigenvalue weighted by Gasteiger charge is 2.30. The first-order chi connectivity index (χ1) is 12.5. The fourth-order valence-corrected chi connectivity index (χ4v) is 3.32. The Morgan fingerprint density at radius 1 is 1.27 bits per heavy atom. The van der Waals surface area contributed by atoms with Crippen molar-refractivity contribution in [2.75, 3.05) is 13.1 Å². The molecule has 2 N–H and O–H groups in total. The average molecular weight is 356 g/mol. The van der Waals surface area contributed by atoms with Gasteiger partial charge in [0.2, 0.25) is 0 Å².